The van der Waals surface area contributed by atoms with E-state index < -0.39 is 6.04 Å². The van der Waals surface area contributed by atoms with Crippen LogP contribution in [0.5, 0.6) is 0 Å². The van der Waals surface area contributed by atoms with Crippen LogP contribution in [0.1, 0.15) is 23.6 Å². The predicted octanol–water partition coefficient (Wildman–Crippen LogP) is 2.84. The maximum absolute atomic E-state index is 13.0. The van der Waals surface area contributed by atoms with Gasteiger partial charge in [0, 0.05) is 13.6 Å². The van der Waals surface area contributed by atoms with Gasteiger partial charge in [-0.1, -0.05) is 42.0 Å². The molecular formula is C20H23FN2O2. The second kappa shape index (κ2) is 8.42. The molecule has 0 heterocycles. The monoisotopic (exact) mass is 342 g/mol. The lowest BCUT2D eigenvalue weighted by atomic mass is 10.1. The summed E-state index contributed by atoms with van der Waals surface area (Å²) >= 11 is 0. The highest BCUT2D eigenvalue weighted by molar-refractivity contribution is 5.88. The zero-order valence-electron chi connectivity index (χ0n) is 14.8. The Morgan fingerprint density at radius 1 is 1.12 bits per heavy atom. The zero-order chi connectivity index (χ0) is 18.4. The number of rotatable bonds is 6. The minimum atomic E-state index is -0.599. The molecule has 5 heteroatoms. The molecule has 4 nitrogen and oxygen atoms in total. The van der Waals surface area contributed by atoms with Gasteiger partial charge in [-0.05, 0) is 37.1 Å². The molecule has 132 valence electrons. The molecular weight excluding hydrogens is 319 g/mol. The molecule has 0 aliphatic heterocycles. The minimum absolute atomic E-state index is 0.118. The third-order valence-electron chi connectivity index (χ3n) is 4.12. The van der Waals surface area contributed by atoms with Gasteiger partial charge in [0.1, 0.15) is 11.9 Å². The van der Waals surface area contributed by atoms with Crippen molar-refractivity contribution >= 4 is 11.8 Å². The lowest BCUT2D eigenvalue weighted by molar-refractivity contribution is -0.139. The number of carbonyl (C=O) groups excluding carboxylic acids is 2. The van der Waals surface area contributed by atoms with Crippen molar-refractivity contribution in [2.75, 3.05) is 7.05 Å². The molecule has 0 saturated heterocycles. The number of hydrogen-bond donors (Lipinski definition) is 1. The summed E-state index contributed by atoms with van der Waals surface area (Å²) < 4.78 is 13.0. The van der Waals surface area contributed by atoms with Crippen molar-refractivity contribution in [1.82, 2.24) is 10.2 Å². The maximum atomic E-state index is 13.0. The summed E-state index contributed by atoms with van der Waals surface area (Å²) in [6.45, 7) is 4.03. The van der Waals surface area contributed by atoms with Gasteiger partial charge in [-0.15, -0.1) is 0 Å². The van der Waals surface area contributed by atoms with Crippen molar-refractivity contribution in [3.63, 3.8) is 0 Å². The van der Waals surface area contributed by atoms with E-state index in [1.807, 2.05) is 31.2 Å². The van der Waals surface area contributed by atoms with E-state index in [9.17, 15) is 14.0 Å². The second-order valence-corrected chi connectivity index (χ2v) is 6.10. The standard InChI is InChI=1S/C20H23FN2O2/c1-14-5-4-6-17(11-14)13-23(15(2)20(25)22-3)19(24)12-16-7-9-18(21)10-8-16/h4-11,15H,12-13H2,1-3H3,(H,22,25)/t15-/m1/s1. The van der Waals surface area contributed by atoms with Gasteiger partial charge in [-0.2, -0.15) is 0 Å². The molecule has 0 spiro atoms. The molecule has 0 radical (unpaired) electrons. The number of amides is 2. The Balaban J connectivity index is 2.21. The van der Waals surface area contributed by atoms with Crippen LogP contribution in [0.4, 0.5) is 4.39 Å². The summed E-state index contributed by atoms with van der Waals surface area (Å²) in [6.07, 6.45) is 0.118. The van der Waals surface area contributed by atoms with Crippen LogP contribution >= 0.6 is 0 Å². The Labute approximate surface area is 147 Å². The predicted molar refractivity (Wildman–Crippen MR) is 95.4 cm³/mol. The van der Waals surface area contributed by atoms with Gasteiger partial charge in [0.2, 0.25) is 11.8 Å². The highest BCUT2D eigenvalue weighted by Gasteiger charge is 2.25. The average Bonchev–Trinajstić information content (AvgIpc) is 2.60. The smallest absolute Gasteiger partial charge is 0.242 e. The van der Waals surface area contributed by atoms with Gasteiger partial charge in [0.05, 0.1) is 6.42 Å². The topological polar surface area (TPSA) is 49.4 Å². The lowest BCUT2D eigenvalue weighted by Gasteiger charge is -2.28. The zero-order valence-corrected chi connectivity index (χ0v) is 14.8. The first-order valence-electron chi connectivity index (χ1n) is 8.21. The molecule has 0 unspecified atom stereocenters. The quantitative estimate of drug-likeness (QED) is 0.878. The number of nitrogens with zero attached hydrogens (tertiary/aromatic N) is 1. The molecule has 2 rings (SSSR count). The first kappa shape index (κ1) is 18.6. The molecule has 0 aromatic heterocycles. The summed E-state index contributed by atoms with van der Waals surface area (Å²) in [4.78, 5) is 26.4. The third kappa shape index (κ3) is 5.14. The van der Waals surface area contributed by atoms with E-state index in [-0.39, 0.29) is 24.1 Å². The fraction of sp³-hybridized carbons (Fsp3) is 0.300. The summed E-state index contributed by atoms with van der Waals surface area (Å²) in [6, 6.07) is 13.1. The first-order chi connectivity index (χ1) is 11.9. The van der Waals surface area contributed by atoms with E-state index >= 15 is 0 Å². The summed E-state index contributed by atoms with van der Waals surface area (Å²) in [7, 11) is 1.55. The van der Waals surface area contributed by atoms with Crippen molar-refractivity contribution in [2.45, 2.75) is 32.9 Å². The molecule has 25 heavy (non-hydrogen) atoms. The number of hydrogen-bond acceptors (Lipinski definition) is 2. The Morgan fingerprint density at radius 2 is 1.80 bits per heavy atom. The SMILES string of the molecule is CNC(=O)[C@@H](C)N(Cc1cccc(C)c1)C(=O)Cc1ccc(F)cc1. The van der Waals surface area contributed by atoms with Crippen LogP contribution < -0.4 is 5.32 Å². The van der Waals surface area contributed by atoms with E-state index in [2.05, 4.69) is 5.32 Å². The summed E-state index contributed by atoms with van der Waals surface area (Å²) in [5.41, 5.74) is 2.77. The van der Waals surface area contributed by atoms with Crippen LogP contribution in [0.15, 0.2) is 48.5 Å². The van der Waals surface area contributed by atoms with Gasteiger partial charge in [0.15, 0.2) is 0 Å². The minimum Gasteiger partial charge on any atom is -0.357 e. The molecule has 0 aliphatic rings. The summed E-state index contributed by atoms with van der Waals surface area (Å²) in [5, 5.41) is 2.59. The van der Waals surface area contributed by atoms with E-state index in [0.29, 0.717) is 12.1 Å². The molecule has 0 saturated carbocycles. The van der Waals surface area contributed by atoms with E-state index in [0.717, 1.165) is 11.1 Å². The largest absolute Gasteiger partial charge is 0.357 e. The van der Waals surface area contributed by atoms with Gasteiger partial charge in [0.25, 0.3) is 0 Å². The van der Waals surface area contributed by atoms with Crippen molar-refractivity contribution in [1.29, 1.82) is 0 Å². The fourth-order valence-electron chi connectivity index (χ4n) is 2.68. The average molecular weight is 342 g/mol. The number of halogens is 1. The molecule has 0 bridgehead atoms. The van der Waals surface area contributed by atoms with E-state index in [1.165, 1.54) is 12.1 Å². The summed E-state index contributed by atoms with van der Waals surface area (Å²) in [5.74, 6) is -0.740. The molecule has 2 aromatic carbocycles. The van der Waals surface area contributed by atoms with Crippen LogP contribution in [0.3, 0.4) is 0 Å². The van der Waals surface area contributed by atoms with Gasteiger partial charge in [-0.3, -0.25) is 9.59 Å². The fourth-order valence-corrected chi connectivity index (χ4v) is 2.68. The van der Waals surface area contributed by atoms with Crippen LogP contribution in [-0.4, -0.2) is 29.8 Å². The Kier molecular flexibility index (Phi) is 6.28. The molecule has 0 fully saturated rings. The maximum Gasteiger partial charge on any atom is 0.242 e. The van der Waals surface area contributed by atoms with Gasteiger partial charge < -0.3 is 10.2 Å². The Hall–Kier alpha value is -2.69. The highest BCUT2D eigenvalue weighted by Crippen LogP contribution is 2.14. The second-order valence-electron chi connectivity index (χ2n) is 6.10. The number of benzene rings is 2. The lowest BCUT2D eigenvalue weighted by Crippen LogP contribution is -2.47. The number of likely N-dealkylation sites (N-methyl/N-ethyl adjacent to an activating group) is 1. The Bertz CT molecular complexity index is 744. The molecule has 1 atom stereocenters. The van der Waals surface area contributed by atoms with Crippen molar-refractivity contribution in [3.05, 3.63) is 71.0 Å². The molecule has 2 amide bonds. The van der Waals surface area contributed by atoms with E-state index in [1.54, 1.807) is 31.0 Å². The molecule has 1 N–H and O–H groups in total. The molecule has 2 aromatic rings. The molecule has 0 aliphatic carbocycles. The number of carbonyl (C=O) groups is 2. The van der Waals surface area contributed by atoms with E-state index in [4.69, 9.17) is 0 Å². The normalized spacial score (nSPS) is 11.7. The Morgan fingerprint density at radius 3 is 2.40 bits per heavy atom. The highest BCUT2D eigenvalue weighted by atomic mass is 19.1. The van der Waals surface area contributed by atoms with Crippen molar-refractivity contribution < 1.29 is 14.0 Å². The van der Waals surface area contributed by atoms with Crippen LogP contribution in [0.25, 0.3) is 0 Å². The van der Waals surface area contributed by atoms with Gasteiger partial charge in [-0.25, -0.2) is 4.39 Å². The van der Waals surface area contributed by atoms with Crippen LogP contribution in [0, 0.1) is 12.7 Å². The number of aryl methyl sites for hydroxylation is 1. The van der Waals surface area contributed by atoms with Crippen LogP contribution in [-0.2, 0) is 22.6 Å². The van der Waals surface area contributed by atoms with Crippen molar-refractivity contribution in [2.24, 2.45) is 0 Å². The number of nitrogens with one attached hydrogen (secondary N) is 1. The first-order valence-corrected chi connectivity index (χ1v) is 8.21. The van der Waals surface area contributed by atoms with Crippen LogP contribution in [0.2, 0.25) is 0 Å². The van der Waals surface area contributed by atoms with Crippen molar-refractivity contribution in [3.8, 4) is 0 Å². The van der Waals surface area contributed by atoms with Gasteiger partial charge >= 0.3 is 0 Å². The third-order valence-corrected chi connectivity index (χ3v) is 4.12.